The van der Waals surface area contributed by atoms with Gasteiger partial charge >= 0.3 is 0 Å². The molecular weight excluding hydrogens is 452 g/mol. The van der Waals surface area contributed by atoms with E-state index in [2.05, 4.69) is 15.6 Å². The lowest BCUT2D eigenvalue weighted by atomic mass is 10.00. The van der Waals surface area contributed by atoms with Crippen LogP contribution >= 0.6 is 0 Å². The first-order valence-electron chi connectivity index (χ1n) is 12.3. The van der Waals surface area contributed by atoms with Gasteiger partial charge in [0.05, 0.1) is 5.52 Å². The molecule has 0 saturated carbocycles. The van der Waals surface area contributed by atoms with Crippen molar-refractivity contribution < 1.29 is 9.59 Å². The van der Waals surface area contributed by atoms with E-state index in [4.69, 9.17) is 0 Å². The number of hydrogen-bond acceptors (Lipinski definition) is 4. The van der Waals surface area contributed by atoms with Gasteiger partial charge in [-0.25, -0.2) is 4.68 Å². The predicted octanol–water partition coefficient (Wildman–Crippen LogP) is 3.89. The summed E-state index contributed by atoms with van der Waals surface area (Å²) >= 11 is 0. The molecule has 8 heteroatoms. The molecule has 0 spiro atoms. The normalized spacial score (nSPS) is 12.4. The fourth-order valence-corrected chi connectivity index (χ4v) is 4.23. The third kappa shape index (κ3) is 5.64. The third-order valence-corrected chi connectivity index (χ3v) is 6.68. The molecule has 0 aliphatic rings. The van der Waals surface area contributed by atoms with E-state index < -0.39 is 11.6 Å². The second-order valence-electron chi connectivity index (χ2n) is 9.73. The fraction of sp³-hybridized carbons (Fsp3) is 0.357. The van der Waals surface area contributed by atoms with Gasteiger partial charge in [-0.15, -0.1) is 5.10 Å². The zero-order chi connectivity index (χ0) is 25.7. The number of nitrogens with one attached hydrogen (secondary N) is 1. The van der Waals surface area contributed by atoms with Crippen molar-refractivity contribution in [1.29, 1.82) is 0 Å². The number of fused-ring (bicyclic) bond motifs is 1. The molecule has 0 fully saturated rings. The number of hydrogen-bond donors (Lipinski definition) is 1. The topological polar surface area (TPSA) is 85.0 Å². The molecule has 2 heterocycles. The van der Waals surface area contributed by atoms with Gasteiger partial charge in [-0.2, -0.15) is 0 Å². The Morgan fingerprint density at radius 2 is 1.75 bits per heavy atom. The first kappa shape index (κ1) is 25.2. The van der Waals surface area contributed by atoms with Crippen molar-refractivity contribution in [3.63, 3.8) is 0 Å². The zero-order valence-corrected chi connectivity index (χ0v) is 21.4. The Hall–Kier alpha value is -3.94. The Bertz CT molecular complexity index is 1320. The SMILES string of the molecule is CCC(C)(C)NC(=O)C(c1cccn1C)N(CCc1ccccc1)C(=O)Cn1nnc2ccccc21. The predicted molar refractivity (Wildman–Crippen MR) is 140 cm³/mol. The van der Waals surface area contributed by atoms with E-state index >= 15 is 0 Å². The van der Waals surface area contributed by atoms with Crippen molar-refractivity contribution in [1.82, 2.24) is 29.8 Å². The molecule has 2 amide bonds. The molecule has 0 aliphatic carbocycles. The first-order chi connectivity index (χ1) is 17.3. The van der Waals surface area contributed by atoms with Crippen LogP contribution in [0, 0.1) is 0 Å². The number of amides is 2. The van der Waals surface area contributed by atoms with E-state index in [1.165, 1.54) is 0 Å². The van der Waals surface area contributed by atoms with Gasteiger partial charge in [-0.05, 0) is 56.5 Å². The molecule has 188 valence electrons. The standard InChI is InChI=1S/C28H34N6O2/c1-5-28(2,3)29-27(36)26(24-16-11-18-32(24)4)33(19-17-21-12-7-6-8-13-21)25(35)20-34-23-15-10-9-14-22(23)30-31-34/h6-16,18,26H,5,17,19-20H2,1-4H3,(H,29,36). The highest BCUT2D eigenvalue weighted by Crippen LogP contribution is 2.25. The number of benzene rings is 2. The minimum absolute atomic E-state index is 0.0132. The van der Waals surface area contributed by atoms with Crippen LogP contribution in [0.25, 0.3) is 11.0 Å². The number of aryl methyl sites for hydroxylation is 1. The lowest BCUT2D eigenvalue weighted by Gasteiger charge is -2.34. The van der Waals surface area contributed by atoms with Gasteiger partial charge in [0.25, 0.3) is 0 Å². The monoisotopic (exact) mass is 486 g/mol. The Balaban J connectivity index is 1.70. The highest BCUT2D eigenvalue weighted by molar-refractivity contribution is 5.89. The number of rotatable bonds is 10. The molecule has 4 rings (SSSR count). The Morgan fingerprint density at radius 1 is 1.03 bits per heavy atom. The summed E-state index contributed by atoms with van der Waals surface area (Å²) < 4.78 is 3.50. The molecule has 1 unspecified atom stereocenters. The van der Waals surface area contributed by atoms with Crippen LogP contribution in [0.5, 0.6) is 0 Å². The van der Waals surface area contributed by atoms with Crippen LogP contribution in [0.1, 0.15) is 44.5 Å². The smallest absolute Gasteiger partial charge is 0.249 e. The minimum atomic E-state index is -0.790. The van der Waals surface area contributed by atoms with Crippen molar-refractivity contribution in [2.24, 2.45) is 7.05 Å². The molecule has 4 aromatic rings. The molecule has 2 aromatic carbocycles. The Kier molecular flexibility index (Phi) is 7.52. The summed E-state index contributed by atoms with van der Waals surface area (Å²) in [7, 11) is 1.89. The van der Waals surface area contributed by atoms with Crippen LogP contribution in [-0.4, -0.2) is 48.4 Å². The molecule has 8 nitrogen and oxygen atoms in total. The second-order valence-corrected chi connectivity index (χ2v) is 9.73. The zero-order valence-electron chi connectivity index (χ0n) is 21.4. The number of nitrogens with zero attached hydrogens (tertiary/aromatic N) is 5. The first-order valence-corrected chi connectivity index (χ1v) is 12.3. The van der Waals surface area contributed by atoms with Crippen molar-refractivity contribution in [3.05, 3.63) is 84.2 Å². The maximum absolute atomic E-state index is 13.9. The van der Waals surface area contributed by atoms with Gasteiger partial charge in [0, 0.05) is 31.0 Å². The Morgan fingerprint density at radius 3 is 2.44 bits per heavy atom. The van der Waals surface area contributed by atoms with Gasteiger partial charge in [-0.1, -0.05) is 54.6 Å². The highest BCUT2D eigenvalue weighted by atomic mass is 16.2. The number of aromatic nitrogens is 4. The van der Waals surface area contributed by atoms with Crippen molar-refractivity contribution in [2.75, 3.05) is 6.54 Å². The van der Waals surface area contributed by atoms with Crippen molar-refractivity contribution >= 4 is 22.8 Å². The molecule has 36 heavy (non-hydrogen) atoms. The van der Waals surface area contributed by atoms with Crippen LogP contribution in [0.15, 0.2) is 72.9 Å². The Labute approximate surface area is 211 Å². The van der Waals surface area contributed by atoms with Crippen LogP contribution in [0.3, 0.4) is 0 Å². The van der Waals surface area contributed by atoms with Gasteiger partial charge in [-0.3, -0.25) is 9.59 Å². The average Bonchev–Trinajstić information content (AvgIpc) is 3.48. The quantitative estimate of drug-likeness (QED) is 0.369. The van der Waals surface area contributed by atoms with E-state index in [0.717, 1.165) is 28.7 Å². The average molecular weight is 487 g/mol. The molecule has 0 saturated heterocycles. The highest BCUT2D eigenvalue weighted by Gasteiger charge is 2.35. The molecule has 1 N–H and O–H groups in total. The molecule has 0 bridgehead atoms. The summed E-state index contributed by atoms with van der Waals surface area (Å²) in [5.74, 6) is -0.397. The lowest BCUT2D eigenvalue weighted by molar-refractivity contribution is -0.142. The van der Waals surface area contributed by atoms with E-state index in [1.807, 2.05) is 105 Å². The van der Waals surface area contributed by atoms with Crippen LogP contribution in [0.4, 0.5) is 0 Å². The van der Waals surface area contributed by atoms with Gasteiger partial charge in [0.1, 0.15) is 12.1 Å². The van der Waals surface area contributed by atoms with E-state index in [-0.39, 0.29) is 18.4 Å². The van der Waals surface area contributed by atoms with Gasteiger partial charge < -0.3 is 14.8 Å². The van der Waals surface area contributed by atoms with Gasteiger partial charge in [0.2, 0.25) is 11.8 Å². The molecule has 0 aliphatic heterocycles. The van der Waals surface area contributed by atoms with E-state index in [9.17, 15) is 9.59 Å². The van der Waals surface area contributed by atoms with Gasteiger partial charge in [0.15, 0.2) is 6.04 Å². The number of para-hydroxylation sites is 1. The van der Waals surface area contributed by atoms with Crippen LogP contribution < -0.4 is 5.32 Å². The molecule has 1 atom stereocenters. The van der Waals surface area contributed by atoms with Crippen molar-refractivity contribution in [3.8, 4) is 0 Å². The fourth-order valence-electron chi connectivity index (χ4n) is 4.23. The van der Waals surface area contributed by atoms with Crippen LogP contribution in [0.2, 0.25) is 0 Å². The summed E-state index contributed by atoms with van der Waals surface area (Å²) in [5.41, 5.74) is 2.95. The van der Waals surface area contributed by atoms with Crippen LogP contribution in [-0.2, 0) is 29.6 Å². The summed E-state index contributed by atoms with van der Waals surface area (Å²) in [5, 5.41) is 11.6. The van der Waals surface area contributed by atoms with E-state index in [1.54, 1.807) is 9.58 Å². The molecular formula is C28H34N6O2. The summed E-state index contributed by atoms with van der Waals surface area (Å²) in [4.78, 5) is 29.4. The third-order valence-electron chi connectivity index (χ3n) is 6.68. The number of carbonyl (C=O) groups is 2. The number of carbonyl (C=O) groups excluding carboxylic acids is 2. The second kappa shape index (κ2) is 10.8. The van der Waals surface area contributed by atoms with E-state index in [0.29, 0.717) is 13.0 Å². The lowest BCUT2D eigenvalue weighted by Crippen LogP contribution is -2.51. The molecule has 0 radical (unpaired) electrons. The maximum atomic E-state index is 13.9. The minimum Gasteiger partial charge on any atom is -0.352 e. The molecule has 2 aromatic heterocycles. The summed E-state index contributed by atoms with van der Waals surface area (Å²) in [6.45, 7) is 6.38. The maximum Gasteiger partial charge on any atom is 0.249 e. The summed E-state index contributed by atoms with van der Waals surface area (Å²) in [6.07, 6.45) is 3.28. The summed E-state index contributed by atoms with van der Waals surface area (Å²) in [6, 6.07) is 20.5. The van der Waals surface area contributed by atoms with Crippen molar-refractivity contribution in [2.45, 2.75) is 51.7 Å². The largest absolute Gasteiger partial charge is 0.352 e.